The number of hydrogen-bond donors (Lipinski definition) is 5. The van der Waals surface area contributed by atoms with E-state index in [0.717, 1.165) is 0 Å². The van der Waals surface area contributed by atoms with Gasteiger partial charge in [0.1, 0.15) is 29.1 Å². The Morgan fingerprint density at radius 1 is 1.23 bits per heavy atom. The molecule has 1 saturated heterocycles. The summed E-state index contributed by atoms with van der Waals surface area (Å²) in [6, 6.07) is 6.44. The van der Waals surface area contributed by atoms with E-state index in [2.05, 4.69) is 5.32 Å². The second-order valence-electron chi connectivity index (χ2n) is 7.87. The third-order valence-corrected chi connectivity index (χ3v) is 6.01. The third-order valence-electron chi connectivity index (χ3n) is 5.26. The van der Waals surface area contributed by atoms with Crippen LogP contribution in [-0.2, 0) is 26.3 Å². The Labute approximate surface area is 200 Å². The van der Waals surface area contributed by atoms with Crippen LogP contribution in [0.4, 0.5) is 0 Å². The molecule has 1 aromatic carbocycles. The van der Waals surface area contributed by atoms with E-state index in [1.165, 1.54) is 30.3 Å². The number of carbonyl (C=O) groups is 3. The summed E-state index contributed by atoms with van der Waals surface area (Å²) in [6.45, 7) is 0.617. The van der Waals surface area contributed by atoms with E-state index in [1.807, 2.05) is 0 Å². The van der Waals surface area contributed by atoms with Crippen LogP contribution in [0.3, 0.4) is 0 Å². The lowest BCUT2D eigenvalue weighted by Crippen LogP contribution is -2.51. The van der Waals surface area contributed by atoms with Gasteiger partial charge in [0.2, 0.25) is 11.7 Å². The van der Waals surface area contributed by atoms with Crippen LogP contribution < -0.4 is 15.8 Å². The van der Waals surface area contributed by atoms with Crippen molar-refractivity contribution in [1.29, 1.82) is 5.41 Å². The number of ether oxygens (including phenoxy) is 1. The minimum absolute atomic E-state index is 0.0741. The molecule has 0 bridgehead atoms. The predicted molar refractivity (Wildman–Crippen MR) is 121 cm³/mol. The summed E-state index contributed by atoms with van der Waals surface area (Å²) < 4.78 is 41.8. The zero-order valence-corrected chi connectivity index (χ0v) is 19.2. The average Bonchev–Trinajstić information content (AvgIpc) is 3.42. The lowest BCUT2D eigenvalue weighted by Gasteiger charge is -2.24. The number of rotatable bonds is 10. The number of aliphatic carboxylic acids is 1. The number of furan rings is 1. The summed E-state index contributed by atoms with van der Waals surface area (Å²) >= 11 is 0. The number of carboxylic acid groups (broad SMARTS) is 1. The highest BCUT2D eigenvalue weighted by molar-refractivity contribution is 7.85. The van der Waals surface area contributed by atoms with E-state index >= 15 is 0 Å². The van der Waals surface area contributed by atoms with E-state index in [1.54, 1.807) is 11.0 Å². The molecule has 1 aliphatic heterocycles. The molecule has 3 rings (SSSR count). The maximum absolute atomic E-state index is 12.6. The largest absolute Gasteiger partial charge is 0.480 e. The van der Waals surface area contributed by atoms with Crippen LogP contribution in [0.2, 0.25) is 0 Å². The van der Waals surface area contributed by atoms with Gasteiger partial charge in [-0.25, -0.2) is 9.59 Å². The SMILES string of the molecule is N=C(N)c1ccc(OC(=O)c2ccc(CN3CCCC3C(=O)N[C@@H](CS(=O)(=O)O)C(=O)O)o2)cc1. The Bertz CT molecular complexity index is 1220. The zero-order valence-electron chi connectivity index (χ0n) is 18.3. The third kappa shape index (κ3) is 7.11. The number of amides is 1. The van der Waals surface area contributed by atoms with Crippen molar-refractivity contribution in [3.63, 3.8) is 0 Å². The summed E-state index contributed by atoms with van der Waals surface area (Å²) in [5.74, 6) is -3.80. The number of hydrogen-bond acceptors (Lipinski definition) is 9. The Hall–Kier alpha value is -3.75. The second kappa shape index (κ2) is 10.7. The van der Waals surface area contributed by atoms with Gasteiger partial charge in [0.05, 0.1) is 12.6 Å². The lowest BCUT2D eigenvalue weighted by atomic mass is 10.2. The molecule has 6 N–H and O–H groups in total. The molecule has 1 fully saturated rings. The fourth-order valence-corrected chi connectivity index (χ4v) is 4.25. The summed E-state index contributed by atoms with van der Waals surface area (Å²) in [6.07, 6.45) is 1.02. The number of amidine groups is 1. The van der Waals surface area contributed by atoms with Gasteiger partial charge in [-0.2, -0.15) is 8.42 Å². The van der Waals surface area contributed by atoms with Crippen LogP contribution in [0.15, 0.2) is 40.8 Å². The molecule has 2 heterocycles. The van der Waals surface area contributed by atoms with Crippen LogP contribution in [-0.4, -0.2) is 71.0 Å². The summed E-state index contributed by atoms with van der Waals surface area (Å²) in [4.78, 5) is 38.0. The van der Waals surface area contributed by atoms with Gasteiger partial charge >= 0.3 is 11.9 Å². The fourth-order valence-electron chi connectivity index (χ4n) is 3.60. The van der Waals surface area contributed by atoms with Crippen molar-refractivity contribution in [3.05, 3.63) is 53.5 Å². The van der Waals surface area contributed by atoms with Gasteiger partial charge in [0.15, 0.2) is 0 Å². The fraction of sp³-hybridized carbons (Fsp3) is 0.333. The first-order valence-electron chi connectivity index (χ1n) is 10.4. The first-order chi connectivity index (χ1) is 16.4. The lowest BCUT2D eigenvalue weighted by molar-refractivity contribution is -0.142. The molecule has 2 aromatic rings. The van der Waals surface area contributed by atoms with Gasteiger partial charge < -0.3 is 25.3 Å². The van der Waals surface area contributed by atoms with E-state index in [-0.39, 0.29) is 23.9 Å². The van der Waals surface area contributed by atoms with Crippen molar-refractivity contribution in [2.24, 2.45) is 5.73 Å². The van der Waals surface area contributed by atoms with Crippen LogP contribution in [0.1, 0.15) is 34.7 Å². The Kier molecular flexibility index (Phi) is 7.89. The van der Waals surface area contributed by atoms with E-state index in [9.17, 15) is 22.8 Å². The van der Waals surface area contributed by atoms with Crippen molar-refractivity contribution in [2.75, 3.05) is 12.3 Å². The standard InChI is InChI=1S/C21H24N4O9S/c22-18(23)12-3-5-13(6-4-12)34-21(29)17-8-7-14(33-17)10-25-9-1-2-16(25)19(26)24-15(20(27)28)11-35(30,31)32/h3-8,15-16H,1-2,9-11H2,(H3,22,23)(H,24,26)(H,27,28)(H,30,31,32)/t15-,16?/m0/s1. The van der Waals surface area contributed by atoms with Crippen molar-refractivity contribution in [1.82, 2.24) is 10.2 Å². The minimum atomic E-state index is -4.62. The molecular weight excluding hydrogens is 484 g/mol. The number of esters is 1. The van der Waals surface area contributed by atoms with Crippen LogP contribution >= 0.6 is 0 Å². The molecule has 13 nitrogen and oxygen atoms in total. The molecule has 0 saturated carbocycles. The van der Waals surface area contributed by atoms with E-state index in [0.29, 0.717) is 30.7 Å². The van der Waals surface area contributed by atoms with Crippen molar-refractivity contribution < 1.29 is 41.6 Å². The molecule has 1 amide bonds. The number of nitrogen functional groups attached to an aromatic ring is 1. The van der Waals surface area contributed by atoms with E-state index < -0.39 is 45.8 Å². The topological polar surface area (TPSA) is 213 Å². The first kappa shape index (κ1) is 25.9. The monoisotopic (exact) mass is 508 g/mol. The maximum Gasteiger partial charge on any atom is 0.379 e. The van der Waals surface area contributed by atoms with Gasteiger partial charge in [0.25, 0.3) is 10.1 Å². The second-order valence-corrected chi connectivity index (χ2v) is 9.37. The number of nitrogens with two attached hydrogens (primary N) is 1. The molecule has 14 heteroatoms. The molecule has 35 heavy (non-hydrogen) atoms. The Morgan fingerprint density at radius 2 is 1.91 bits per heavy atom. The normalized spacial score (nSPS) is 17.0. The summed E-state index contributed by atoms with van der Waals surface area (Å²) in [7, 11) is -4.62. The predicted octanol–water partition coefficient (Wildman–Crippen LogP) is 0.204. The molecule has 188 valence electrons. The zero-order chi connectivity index (χ0) is 25.8. The highest BCUT2D eigenvalue weighted by Crippen LogP contribution is 2.22. The molecule has 0 aliphatic carbocycles. The molecular formula is C21H24N4O9S. The van der Waals surface area contributed by atoms with Crippen molar-refractivity contribution in [2.45, 2.75) is 31.5 Å². The highest BCUT2D eigenvalue weighted by Gasteiger charge is 2.35. The van der Waals surface area contributed by atoms with Crippen molar-refractivity contribution >= 4 is 33.8 Å². The van der Waals surface area contributed by atoms with Crippen LogP contribution in [0, 0.1) is 5.41 Å². The number of carbonyl (C=O) groups excluding carboxylic acids is 2. The minimum Gasteiger partial charge on any atom is -0.480 e. The van der Waals surface area contributed by atoms with E-state index in [4.69, 9.17) is 30.0 Å². The smallest absolute Gasteiger partial charge is 0.379 e. The molecule has 0 spiro atoms. The summed E-state index contributed by atoms with van der Waals surface area (Å²) in [5.41, 5.74) is 5.86. The molecule has 0 radical (unpaired) electrons. The Balaban J connectivity index is 1.61. The first-order valence-corrected chi connectivity index (χ1v) is 12.0. The summed E-state index contributed by atoms with van der Waals surface area (Å²) in [5, 5.41) is 18.7. The number of carboxylic acids is 1. The van der Waals surface area contributed by atoms with Crippen LogP contribution in [0.25, 0.3) is 0 Å². The van der Waals surface area contributed by atoms with Crippen molar-refractivity contribution in [3.8, 4) is 5.75 Å². The average molecular weight is 509 g/mol. The quantitative estimate of drug-likeness (QED) is 0.0961. The van der Waals surface area contributed by atoms with Crippen LogP contribution in [0.5, 0.6) is 5.75 Å². The Morgan fingerprint density at radius 3 is 2.51 bits per heavy atom. The van der Waals surface area contributed by atoms with Gasteiger partial charge in [-0.15, -0.1) is 0 Å². The molecule has 2 atom stereocenters. The number of nitrogens with zero attached hydrogens (tertiary/aromatic N) is 1. The van der Waals surface area contributed by atoms with Gasteiger partial charge in [-0.05, 0) is 55.8 Å². The molecule has 1 aliphatic rings. The van der Waals surface area contributed by atoms with Gasteiger partial charge in [-0.3, -0.25) is 19.7 Å². The number of nitrogens with one attached hydrogen (secondary N) is 2. The molecule has 1 unspecified atom stereocenters. The van der Waals surface area contributed by atoms with Gasteiger partial charge in [-0.1, -0.05) is 0 Å². The number of benzene rings is 1. The van der Waals surface area contributed by atoms with Gasteiger partial charge in [0, 0.05) is 5.56 Å². The highest BCUT2D eigenvalue weighted by atomic mass is 32.2. The molecule has 1 aromatic heterocycles. The maximum atomic E-state index is 12.6. The number of likely N-dealkylation sites (tertiary alicyclic amines) is 1.